The van der Waals surface area contributed by atoms with Gasteiger partial charge in [0.25, 0.3) is 0 Å². The first-order valence-electron chi connectivity index (χ1n) is 4.52. The first-order chi connectivity index (χ1) is 6.43. The highest BCUT2D eigenvalue weighted by Crippen LogP contribution is 2.05. The molecule has 0 fully saturated rings. The fourth-order valence-electron chi connectivity index (χ4n) is 1.10. The Morgan fingerprint density at radius 2 is 2.31 bits per heavy atom. The lowest BCUT2D eigenvalue weighted by atomic mass is 10.2. The standard InChI is InChI=1S/C10H16O3/c1-11-9-12-7-3-2-5-10-6-4-8-13-10/h4,6,8H,2-3,5,7,9H2,1H3. The fourth-order valence-corrected chi connectivity index (χ4v) is 1.10. The number of ether oxygens (including phenoxy) is 2. The van der Waals surface area contributed by atoms with Crippen molar-refractivity contribution in [2.24, 2.45) is 0 Å². The van der Waals surface area contributed by atoms with Gasteiger partial charge in [-0.15, -0.1) is 0 Å². The second kappa shape index (κ2) is 6.69. The lowest BCUT2D eigenvalue weighted by Gasteiger charge is -2.01. The van der Waals surface area contributed by atoms with Gasteiger partial charge in [-0.25, -0.2) is 0 Å². The molecule has 13 heavy (non-hydrogen) atoms. The Hall–Kier alpha value is -0.800. The fraction of sp³-hybridized carbons (Fsp3) is 0.600. The first-order valence-corrected chi connectivity index (χ1v) is 4.52. The van der Waals surface area contributed by atoms with Crippen LogP contribution in [0.15, 0.2) is 22.8 Å². The summed E-state index contributed by atoms with van der Waals surface area (Å²) in [6.07, 6.45) is 4.83. The van der Waals surface area contributed by atoms with E-state index >= 15 is 0 Å². The summed E-state index contributed by atoms with van der Waals surface area (Å²) in [6.45, 7) is 1.15. The maximum absolute atomic E-state index is 5.20. The Balaban J connectivity index is 1.90. The molecule has 1 aromatic rings. The third-order valence-electron chi connectivity index (χ3n) is 1.74. The van der Waals surface area contributed by atoms with Crippen LogP contribution in [0, 0.1) is 0 Å². The summed E-state index contributed by atoms with van der Waals surface area (Å²) in [5, 5.41) is 0. The molecule has 0 spiro atoms. The first kappa shape index (κ1) is 10.3. The van der Waals surface area contributed by atoms with E-state index in [4.69, 9.17) is 13.9 Å². The molecule has 0 aromatic carbocycles. The van der Waals surface area contributed by atoms with Crippen LogP contribution in [-0.2, 0) is 15.9 Å². The van der Waals surface area contributed by atoms with E-state index in [0.29, 0.717) is 6.79 Å². The zero-order valence-electron chi connectivity index (χ0n) is 7.99. The van der Waals surface area contributed by atoms with E-state index in [9.17, 15) is 0 Å². The van der Waals surface area contributed by atoms with Crippen LogP contribution in [0.25, 0.3) is 0 Å². The molecular formula is C10H16O3. The number of hydrogen-bond donors (Lipinski definition) is 0. The summed E-state index contributed by atoms with van der Waals surface area (Å²) in [7, 11) is 1.63. The highest BCUT2D eigenvalue weighted by atomic mass is 16.7. The number of methoxy groups -OCH3 is 1. The van der Waals surface area contributed by atoms with Crippen molar-refractivity contribution in [3.8, 4) is 0 Å². The maximum Gasteiger partial charge on any atom is 0.146 e. The van der Waals surface area contributed by atoms with Crippen LogP contribution < -0.4 is 0 Å². The van der Waals surface area contributed by atoms with Gasteiger partial charge in [0, 0.05) is 20.1 Å². The van der Waals surface area contributed by atoms with Crippen molar-refractivity contribution in [3.63, 3.8) is 0 Å². The van der Waals surface area contributed by atoms with Gasteiger partial charge >= 0.3 is 0 Å². The van der Waals surface area contributed by atoms with Crippen LogP contribution in [0.2, 0.25) is 0 Å². The average molecular weight is 184 g/mol. The predicted octanol–water partition coefficient (Wildman–Crippen LogP) is 2.22. The second-order valence-electron chi connectivity index (χ2n) is 2.85. The smallest absolute Gasteiger partial charge is 0.146 e. The quantitative estimate of drug-likeness (QED) is 0.481. The van der Waals surface area contributed by atoms with Crippen LogP contribution >= 0.6 is 0 Å². The molecule has 0 radical (unpaired) electrons. The van der Waals surface area contributed by atoms with E-state index in [1.165, 1.54) is 0 Å². The summed E-state index contributed by atoms with van der Waals surface area (Å²) in [5.41, 5.74) is 0. The van der Waals surface area contributed by atoms with Crippen molar-refractivity contribution in [2.45, 2.75) is 19.3 Å². The molecule has 0 aliphatic rings. The van der Waals surface area contributed by atoms with E-state index in [-0.39, 0.29) is 0 Å². The summed E-state index contributed by atoms with van der Waals surface area (Å²) in [5.74, 6) is 1.05. The number of unbranched alkanes of at least 4 members (excludes halogenated alkanes) is 1. The SMILES string of the molecule is COCOCCCCc1ccco1. The van der Waals surface area contributed by atoms with E-state index < -0.39 is 0 Å². The molecule has 0 N–H and O–H groups in total. The Morgan fingerprint density at radius 1 is 1.38 bits per heavy atom. The minimum Gasteiger partial charge on any atom is -0.469 e. The van der Waals surface area contributed by atoms with E-state index in [2.05, 4.69) is 0 Å². The molecule has 0 saturated heterocycles. The Kier molecular flexibility index (Phi) is 5.29. The van der Waals surface area contributed by atoms with Gasteiger partial charge in [-0.2, -0.15) is 0 Å². The topological polar surface area (TPSA) is 31.6 Å². The van der Waals surface area contributed by atoms with Crippen LogP contribution in [0.3, 0.4) is 0 Å². The third kappa shape index (κ3) is 4.70. The normalized spacial score (nSPS) is 10.5. The molecule has 0 aliphatic heterocycles. The zero-order valence-corrected chi connectivity index (χ0v) is 7.99. The van der Waals surface area contributed by atoms with Crippen molar-refractivity contribution >= 4 is 0 Å². The highest BCUT2D eigenvalue weighted by molar-refractivity contribution is 4.97. The van der Waals surface area contributed by atoms with Gasteiger partial charge in [0.2, 0.25) is 0 Å². The molecule has 0 unspecified atom stereocenters. The molecule has 1 heterocycles. The number of rotatable bonds is 7. The van der Waals surface area contributed by atoms with Crippen molar-refractivity contribution in [1.82, 2.24) is 0 Å². The molecule has 0 aliphatic carbocycles. The Bertz CT molecular complexity index is 194. The van der Waals surface area contributed by atoms with Crippen LogP contribution in [0.5, 0.6) is 0 Å². The van der Waals surface area contributed by atoms with Gasteiger partial charge < -0.3 is 13.9 Å². The van der Waals surface area contributed by atoms with Crippen LogP contribution in [-0.4, -0.2) is 20.5 Å². The van der Waals surface area contributed by atoms with Gasteiger partial charge in [0.1, 0.15) is 12.6 Å². The molecule has 0 atom stereocenters. The van der Waals surface area contributed by atoms with Crippen molar-refractivity contribution in [1.29, 1.82) is 0 Å². The molecule has 0 bridgehead atoms. The maximum atomic E-state index is 5.20. The summed E-state index contributed by atoms with van der Waals surface area (Å²) in [4.78, 5) is 0. The third-order valence-corrected chi connectivity index (χ3v) is 1.74. The molecular weight excluding hydrogens is 168 g/mol. The number of furan rings is 1. The number of aryl methyl sites for hydroxylation is 1. The minimum absolute atomic E-state index is 0.390. The van der Waals surface area contributed by atoms with Gasteiger partial charge in [0.15, 0.2) is 0 Å². The van der Waals surface area contributed by atoms with Crippen molar-refractivity contribution < 1.29 is 13.9 Å². The predicted molar refractivity (Wildman–Crippen MR) is 49.5 cm³/mol. The van der Waals surface area contributed by atoms with Crippen LogP contribution in [0.4, 0.5) is 0 Å². The zero-order chi connectivity index (χ0) is 9.36. The lowest BCUT2D eigenvalue weighted by Crippen LogP contribution is -1.98. The molecule has 0 amide bonds. The highest BCUT2D eigenvalue weighted by Gasteiger charge is 1.95. The van der Waals surface area contributed by atoms with Gasteiger partial charge in [-0.1, -0.05) is 0 Å². The molecule has 1 rings (SSSR count). The molecule has 3 nitrogen and oxygen atoms in total. The van der Waals surface area contributed by atoms with Gasteiger partial charge in [-0.3, -0.25) is 0 Å². The van der Waals surface area contributed by atoms with Crippen molar-refractivity contribution in [2.75, 3.05) is 20.5 Å². The summed E-state index contributed by atoms with van der Waals surface area (Å²) < 4.78 is 15.1. The van der Waals surface area contributed by atoms with E-state index in [1.54, 1.807) is 13.4 Å². The van der Waals surface area contributed by atoms with E-state index in [1.807, 2.05) is 12.1 Å². The monoisotopic (exact) mass is 184 g/mol. The largest absolute Gasteiger partial charge is 0.469 e. The molecule has 0 saturated carbocycles. The Labute approximate surface area is 78.6 Å². The van der Waals surface area contributed by atoms with Gasteiger partial charge in [-0.05, 0) is 25.0 Å². The molecule has 1 aromatic heterocycles. The van der Waals surface area contributed by atoms with Crippen LogP contribution in [0.1, 0.15) is 18.6 Å². The minimum atomic E-state index is 0.390. The summed E-state index contributed by atoms with van der Waals surface area (Å²) in [6, 6.07) is 3.91. The molecule has 3 heteroatoms. The second-order valence-corrected chi connectivity index (χ2v) is 2.85. The lowest BCUT2D eigenvalue weighted by molar-refractivity contribution is -0.0314. The summed E-state index contributed by atoms with van der Waals surface area (Å²) >= 11 is 0. The van der Waals surface area contributed by atoms with Gasteiger partial charge in [0.05, 0.1) is 6.26 Å². The van der Waals surface area contributed by atoms with E-state index in [0.717, 1.165) is 31.6 Å². The average Bonchev–Trinajstić information content (AvgIpc) is 2.63. The Morgan fingerprint density at radius 3 is 3.00 bits per heavy atom. The van der Waals surface area contributed by atoms with Crippen molar-refractivity contribution in [3.05, 3.63) is 24.2 Å². The number of hydrogen-bond acceptors (Lipinski definition) is 3. The molecule has 74 valence electrons.